The molecule has 0 amide bonds. The molecule has 2 aromatic heterocycles. The molecular weight excluding hydrogens is 300 g/mol. The van der Waals surface area contributed by atoms with E-state index in [4.69, 9.17) is 5.11 Å². The Kier molecular flexibility index (Phi) is 4.41. The second-order valence-electron chi connectivity index (χ2n) is 4.47. The molecule has 0 atom stereocenters. The fraction of sp³-hybridized carbons (Fsp3) is 0.455. The fourth-order valence-electron chi connectivity index (χ4n) is 1.81. The van der Waals surface area contributed by atoms with Gasteiger partial charge in [0, 0.05) is 11.6 Å². The number of aliphatic hydroxyl groups is 1. The van der Waals surface area contributed by atoms with Crippen molar-refractivity contribution >= 4 is 29.1 Å². The van der Waals surface area contributed by atoms with Gasteiger partial charge in [-0.15, -0.1) is 21.5 Å². The van der Waals surface area contributed by atoms with E-state index in [2.05, 4.69) is 15.2 Å². The Hall–Kier alpha value is -1.45. The zero-order chi connectivity index (χ0) is 14.8. The number of thiazole rings is 1. The van der Waals surface area contributed by atoms with E-state index < -0.39 is 11.5 Å². The van der Waals surface area contributed by atoms with Gasteiger partial charge in [0.05, 0.1) is 11.3 Å². The molecule has 2 heterocycles. The molecular formula is C11H14N4O3S2. The van der Waals surface area contributed by atoms with Crippen LogP contribution in [0.5, 0.6) is 0 Å². The third-order valence-electron chi connectivity index (χ3n) is 2.68. The van der Waals surface area contributed by atoms with Crippen molar-refractivity contribution in [1.82, 2.24) is 19.7 Å². The van der Waals surface area contributed by atoms with Crippen LogP contribution in [0.25, 0.3) is 0 Å². The van der Waals surface area contributed by atoms with Crippen molar-refractivity contribution in [2.24, 2.45) is 0 Å². The summed E-state index contributed by atoms with van der Waals surface area (Å²) in [5.41, 5.74) is -0.559. The SMILES string of the molecule is CC(C)(c1nccs1)n1c(CO)nnc1SCC(=O)O. The zero-order valence-electron chi connectivity index (χ0n) is 11.0. The lowest BCUT2D eigenvalue weighted by atomic mass is 10.1. The molecule has 0 aromatic carbocycles. The average Bonchev–Trinajstić information content (AvgIpc) is 3.05. The molecule has 7 nitrogen and oxygen atoms in total. The number of hydrogen-bond donors (Lipinski definition) is 2. The van der Waals surface area contributed by atoms with Gasteiger partial charge in [-0.25, -0.2) is 4.98 Å². The van der Waals surface area contributed by atoms with E-state index >= 15 is 0 Å². The van der Waals surface area contributed by atoms with Gasteiger partial charge in [0.25, 0.3) is 0 Å². The highest BCUT2D eigenvalue weighted by Gasteiger charge is 2.31. The van der Waals surface area contributed by atoms with E-state index in [-0.39, 0.29) is 12.4 Å². The zero-order valence-corrected chi connectivity index (χ0v) is 12.6. The van der Waals surface area contributed by atoms with Crippen molar-refractivity contribution in [3.63, 3.8) is 0 Å². The number of aliphatic carboxylic acids is 1. The maximum atomic E-state index is 10.7. The number of rotatable bonds is 6. The summed E-state index contributed by atoms with van der Waals surface area (Å²) in [5.74, 6) is -0.655. The molecule has 0 spiro atoms. The predicted octanol–water partition coefficient (Wildman–Crippen LogP) is 1.19. The summed E-state index contributed by atoms with van der Waals surface area (Å²) in [4.78, 5) is 15.0. The number of nitrogens with zero attached hydrogens (tertiary/aromatic N) is 4. The molecule has 0 bridgehead atoms. The first-order chi connectivity index (χ1) is 9.46. The van der Waals surface area contributed by atoms with Crippen LogP contribution >= 0.6 is 23.1 Å². The number of carboxylic acid groups (broad SMARTS) is 1. The Balaban J connectivity index is 2.42. The molecule has 2 N–H and O–H groups in total. The number of aromatic nitrogens is 4. The van der Waals surface area contributed by atoms with Gasteiger partial charge in [0.2, 0.25) is 0 Å². The second kappa shape index (κ2) is 5.90. The third kappa shape index (κ3) is 2.84. The molecule has 0 radical (unpaired) electrons. The van der Waals surface area contributed by atoms with Crippen molar-refractivity contribution < 1.29 is 15.0 Å². The van der Waals surface area contributed by atoms with Crippen LogP contribution in [-0.4, -0.2) is 41.7 Å². The van der Waals surface area contributed by atoms with Gasteiger partial charge >= 0.3 is 5.97 Å². The number of thioether (sulfide) groups is 1. The van der Waals surface area contributed by atoms with Crippen molar-refractivity contribution in [2.75, 3.05) is 5.75 Å². The molecule has 0 aliphatic heterocycles. The lowest BCUT2D eigenvalue weighted by Crippen LogP contribution is -2.30. The van der Waals surface area contributed by atoms with Gasteiger partial charge in [0.15, 0.2) is 11.0 Å². The molecule has 0 fully saturated rings. The fourth-order valence-corrected chi connectivity index (χ4v) is 3.37. The van der Waals surface area contributed by atoms with Crippen molar-refractivity contribution in [3.8, 4) is 0 Å². The van der Waals surface area contributed by atoms with Crippen LogP contribution in [-0.2, 0) is 16.9 Å². The summed E-state index contributed by atoms with van der Waals surface area (Å²) in [6.07, 6.45) is 1.70. The molecule has 0 saturated carbocycles. The minimum atomic E-state index is -0.929. The summed E-state index contributed by atoms with van der Waals surface area (Å²) in [6.45, 7) is 3.59. The monoisotopic (exact) mass is 314 g/mol. The number of aliphatic hydroxyl groups excluding tert-OH is 1. The van der Waals surface area contributed by atoms with E-state index in [1.165, 1.54) is 11.3 Å². The number of carbonyl (C=O) groups is 1. The molecule has 0 unspecified atom stereocenters. The molecule has 0 aliphatic rings. The minimum absolute atomic E-state index is 0.114. The Morgan fingerprint density at radius 3 is 2.80 bits per heavy atom. The lowest BCUT2D eigenvalue weighted by Gasteiger charge is -2.26. The summed E-state index contributed by atoms with van der Waals surface area (Å²) >= 11 is 2.56. The normalized spacial score (nSPS) is 11.8. The third-order valence-corrected chi connectivity index (χ3v) is 4.68. The Morgan fingerprint density at radius 1 is 1.50 bits per heavy atom. The van der Waals surface area contributed by atoms with E-state index in [0.29, 0.717) is 11.0 Å². The first-order valence-electron chi connectivity index (χ1n) is 5.77. The van der Waals surface area contributed by atoms with Gasteiger partial charge < -0.3 is 10.2 Å². The van der Waals surface area contributed by atoms with Crippen molar-refractivity contribution in [2.45, 2.75) is 31.1 Å². The van der Waals surface area contributed by atoms with Gasteiger partial charge in [0.1, 0.15) is 11.6 Å². The van der Waals surface area contributed by atoms with E-state index in [0.717, 1.165) is 16.8 Å². The van der Waals surface area contributed by atoms with E-state index in [1.54, 1.807) is 10.8 Å². The number of hydrogen-bond acceptors (Lipinski definition) is 7. The van der Waals surface area contributed by atoms with E-state index in [1.807, 2.05) is 19.2 Å². The molecule has 2 rings (SSSR count). The van der Waals surface area contributed by atoms with Crippen molar-refractivity contribution in [3.05, 3.63) is 22.4 Å². The van der Waals surface area contributed by atoms with Crippen LogP contribution in [0.1, 0.15) is 24.7 Å². The molecule has 108 valence electrons. The van der Waals surface area contributed by atoms with Crippen molar-refractivity contribution in [1.29, 1.82) is 0 Å². The summed E-state index contributed by atoms with van der Waals surface area (Å²) in [7, 11) is 0. The van der Waals surface area contributed by atoms with Crippen LogP contribution in [0.3, 0.4) is 0 Å². The van der Waals surface area contributed by atoms with E-state index in [9.17, 15) is 9.90 Å². The first kappa shape index (κ1) is 14.9. The summed E-state index contributed by atoms with van der Waals surface area (Å²) in [6, 6.07) is 0. The second-order valence-corrected chi connectivity index (χ2v) is 6.31. The quantitative estimate of drug-likeness (QED) is 0.772. The topological polar surface area (TPSA) is 101 Å². The maximum absolute atomic E-state index is 10.7. The molecule has 0 saturated heterocycles. The Labute approximate surface area is 123 Å². The Morgan fingerprint density at radius 2 is 2.25 bits per heavy atom. The highest BCUT2D eigenvalue weighted by atomic mass is 32.2. The molecule has 9 heteroatoms. The van der Waals surface area contributed by atoms with Gasteiger partial charge in [-0.2, -0.15) is 0 Å². The van der Waals surface area contributed by atoms with Gasteiger partial charge in [-0.05, 0) is 13.8 Å². The van der Waals surface area contributed by atoms with Crippen LogP contribution in [0.15, 0.2) is 16.7 Å². The molecule has 2 aromatic rings. The van der Waals surface area contributed by atoms with Crippen LogP contribution < -0.4 is 0 Å². The summed E-state index contributed by atoms with van der Waals surface area (Å²) in [5, 5.41) is 29.2. The predicted molar refractivity (Wildman–Crippen MR) is 74.8 cm³/mol. The largest absolute Gasteiger partial charge is 0.481 e. The molecule has 20 heavy (non-hydrogen) atoms. The highest BCUT2D eigenvalue weighted by Crippen LogP contribution is 2.32. The number of carboxylic acids is 1. The lowest BCUT2D eigenvalue weighted by molar-refractivity contribution is -0.133. The first-order valence-corrected chi connectivity index (χ1v) is 7.63. The maximum Gasteiger partial charge on any atom is 0.313 e. The molecule has 0 aliphatic carbocycles. The minimum Gasteiger partial charge on any atom is -0.481 e. The Bertz CT molecular complexity index is 595. The standard InChI is InChI=1S/C11H14N4O3S2/c1-11(2,9-12-3-4-19-9)15-7(5-16)13-14-10(15)20-6-8(17)18/h3-4,16H,5-6H2,1-2H3,(H,17,18). The van der Waals surface area contributed by atoms with Crippen LogP contribution in [0.2, 0.25) is 0 Å². The smallest absolute Gasteiger partial charge is 0.313 e. The van der Waals surface area contributed by atoms with Gasteiger partial charge in [-0.1, -0.05) is 11.8 Å². The van der Waals surface area contributed by atoms with Gasteiger partial charge in [-0.3, -0.25) is 9.36 Å². The van der Waals surface area contributed by atoms with Crippen LogP contribution in [0.4, 0.5) is 0 Å². The highest BCUT2D eigenvalue weighted by molar-refractivity contribution is 7.99. The van der Waals surface area contributed by atoms with Crippen LogP contribution in [0, 0.1) is 0 Å². The average molecular weight is 314 g/mol. The summed E-state index contributed by atoms with van der Waals surface area (Å²) < 4.78 is 1.74.